The fourth-order valence-corrected chi connectivity index (χ4v) is 2.15. The number of carboxylic acids is 1. The maximum Gasteiger partial charge on any atom is 0.326 e. The Morgan fingerprint density at radius 2 is 2.05 bits per heavy atom. The van der Waals surface area contributed by atoms with E-state index in [1.165, 1.54) is 0 Å². The number of amides is 2. The first-order valence-corrected chi connectivity index (χ1v) is 7.22. The molecule has 1 unspecified atom stereocenters. The van der Waals surface area contributed by atoms with Crippen molar-refractivity contribution < 1.29 is 14.7 Å². The van der Waals surface area contributed by atoms with Gasteiger partial charge in [0.2, 0.25) is 0 Å². The van der Waals surface area contributed by atoms with Crippen molar-refractivity contribution in [2.24, 2.45) is 5.92 Å². The van der Waals surface area contributed by atoms with E-state index in [9.17, 15) is 9.59 Å². The smallest absolute Gasteiger partial charge is 0.326 e. The van der Waals surface area contributed by atoms with Crippen LogP contribution >= 0.6 is 27.5 Å². The molecule has 20 heavy (non-hydrogen) atoms. The number of carbonyl (C=O) groups is 2. The summed E-state index contributed by atoms with van der Waals surface area (Å²) < 4.78 is 0.549. The van der Waals surface area contributed by atoms with Gasteiger partial charge in [0.1, 0.15) is 6.04 Å². The molecule has 5 nitrogen and oxygen atoms in total. The van der Waals surface area contributed by atoms with Crippen molar-refractivity contribution in [3.8, 4) is 0 Å². The van der Waals surface area contributed by atoms with Crippen LogP contribution in [0.15, 0.2) is 22.7 Å². The van der Waals surface area contributed by atoms with Crippen LogP contribution in [0.3, 0.4) is 0 Å². The Balaban J connectivity index is 2.71. The monoisotopic (exact) mass is 362 g/mol. The van der Waals surface area contributed by atoms with Crippen LogP contribution < -0.4 is 10.6 Å². The van der Waals surface area contributed by atoms with Crippen LogP contribution in [0.1, 0.15) is 20.3 Å². The zero-order valence-electron chi connectivity index (χ0n) is 11.1. The standard InChI is InChI=1S/C13H16BrClN2O3/c1-7(2)6-10(12(18)19)17-13(20)16-9-5-3-4-8(15)11(9)14/h3-5,7,10H,6H2,1-2H3,(H,18,19)(H2,16,17,20). The maximum atomic E-state index is 11.8. The molecule has 0 aromatic heterocycles. The summed E-state index contributed by atoms with van der Waals surface area (Å²) in [7, 11) is 0. The predicted molar refractivity (Wildman–Crippen MR) is 82.2 cm³/mol. The number of anilines is 1. The molecule has 1 aromatic carbocycles. The van der Waals surface area contributed by atoms with E-state index in [0.29, 0.717) is 21.6 Å². The van der Waals surface area contributed by atoms with E-state index in [4.69, 9.17) is 16.7 Å². The number of hydrogen-bond donors (Lipinski definition) is 3. The lowest BCUT2D eigenvalue weighted by Crippen LogP contribution is -2.43. The van der Waals surface area contributed by atoms with E-state index in [-0.39, 0.29) is 5.92 Å². The normalized spacial score (nSPS) is 12.1. The molecule has 1 rings (SSSR count). The third-order valence-corrected chi connectivity index (χ3v) is 3.91. The summed E-state index contributed by atoms with van der Waals surface area (Å²) in [6.07, 6.45) is 0.361. The van der Waals surface area contributed by atoms with Gasteiger partial charge in [0.05, 0.1) is 15.2 Å². The van der Waals surface area contributed by atoms with Gasteiger partial charge >= 0.3 is 12.0 Å². The Morgan fingerprint density at radius 1 is 1.40 bits per heavy atom. The van der Waals surface area contributed by atoms with Crippen LogP contribution in [-0.4, -0.2) is 23.1 Å². The van der Waals surface area contributed by atoms with E-state index >= 15 is 0 Å². The van der Waals surface area contributed by atoms with Crippen molar-refractivity contribution in [3.63, 3.8) is 0 Å². The highest BCUT2D eigenvalue weighted by Crippen LogP contribution is 2.29. The van der Waals surface area contributed by atoms with E-state index in [1.54, 1.807) is 18.2 Å². The van der Waals surface area contributed by atoms with Crippen molar-refractivity contribution in [3.05, 3.63) is 27.7 Å². The third-order valence-electron chi connectivity index (χ3n) is 2.51. The predicted octanol–water partition coefficient (Wildman–Crippen LogP) is 3.72. The number of carbonyl (C=O) groups excluding carboxylic acids is 1. The largest absolute Gasteiger partial charge is 0.480 e. The first-order chi connectivity index (χ1) is 9.31. The van der Waals surface area contributed by atoms with Crippen LogP contribution in [0, 0.1) is 5.92 Å². The van der Waals surface area contributed by atoms with Crippen LogP contribution in [0.5, 0.6) is 0 Å². The molecule has 0 saturated carbocycles. The highest BCUT2D eigenvalue weighted by Gasteiger charge is 2.21. The Bertz CT molecular complexity index is 508. The van der Waals surface area contributed by atoms with Crippen molar-refractivity contribution >= 4 is 45.2 Å². The molecule has 2 amide bonds. The molecular formula is C13H16BrClN2O3. The summed E-state index contributed by atoms with van der Waals surface area (Å²) in [5.74, 6) is -0.895. The third kappa shape index (κ3) is 5.02. The van der Waals surface area contributed by atoms with Gasteiger partial charge < -0.3 is 15.7 Å². The molecule has 110 valence electrons. The summed E-state index contributed by atoms with van der Waals surface area (Å²) in [5.41, 5.74) is 0.476. The molecule has 0 aliphatic heterocycles. The Kier molecular flexibility index (Phi) is 6.29. The number of hydrogen-bond acceptors (Lipinski definition) is 2. The van der Waals surface area contributed by atoms with Crippen LogP contribution in [-0.2, 0) is 4.79 Å². The van der Waals surface area contributed by atoms with Crippen LogP contribution in [0.2, 0.25) is 5.02 Å². The lowest BCUT2D eigenvalue weighted by atomic mass is 10.0. The lowest BCUT2D eigenvalue weighted by Gasteiger charge is -2.17. The van der Waals surface area contributed by atoms with Crippen molar-refractivity contribution in [1.82, 2.24) is 5.32 Å². The Hall–Kier alpha value is -1.27. The second-order valence-corrected chi connectivity index (χ2v) is 5.92. The summed E-state index contributed by atoms with van der Waals surface area (Å²) in [6, 6.07) is 3.52. The molecule has 0 spiro atoms. The zero-order valence-corrected chi connectivity index (χ0v) is 13.5. The summed E-state index contributed by atoms with van der Waals surface area (Å²) in [4.78, 5) is 22.9. The molecule has 0 aliphatic rings. The number of nitrogens with one attached hydrogen (secondary N) is 2. The van der Waals surface area contributed by atoms with Gasteiger partial charge in [-0.2, -0.15) is 0 Å². The quantitative estimate of drug-likeness (QED) is 0.746. The highest BCUT2D eigenvalue weighted by molar-refractivity contribution is 9.10. The van der Waals surface area contributed by atoms with Crippen molar-refractivity contribution in [2.45, 2.75) is 26.3 Å². The molecule has 7 heteroatoms. The molecule has 3 N–H and O–H groups in total. The van der Waals surface area contributed by atoms with Crippen molar-refractivity contribution in [1.29, 1.82) is 0 Å². The minimum atomic E-state index is -1.06. The number of rotatable bonds is 5. The first-order valence-electron chi connectivity index (χ1n) is 6.05. The minimum Gasteiger partial charge on any atom is -0.480 e. The van der Waals surface area contributed by atoms with Gasteiger partial charge in [-0.1, -0.05) is 31.5 Å². The Morgan fingerprint density at radius 3 is 2.60 bits per heavy atom. The molecule has 1 aromatic rings. The molecule has 0 bridgehead atoms. The molecule has 0 aliphatic carbocycles. The van der Waals surface area contributed by atoms with Crippen molar-refractivity contribution in [2.75, 3.05) is 5.32 Å². The van der Waals surface area contributed by atoms with E-state index in [0.717, 1.165) is 0 Å². The Labute approximate surface area is 130 Å². The van der Waals surface area contributed by atoms with Gasteiger partial charge in [0.25, 0.3) is 0 Å². The maximum absolute atomic E-state index is 11.8. The fraction of sp³-hybridized carbons (Fsp3) is 0.385. The average Bonchev–Trinajstić information content (AvgIpc) is 2.33. The number of halogens is 2. The molecule has 0 heterocycles. The second-order valence-electron chi connectivity index (χ2n) is 4.72. The molecule has 0 saturated heterocycles. The highest BCUT2D eigenvalue weighted by atomic mass is 79.9. The zero-order chi connectivity index (χ0) is 15.3. The summed E-state index contributed by atoms with van der Waals surface area (Å²) in [6.45, 7) is 3.78. The SMILES string of the molecule is CC(C)CC(NC(=O)Nc1cccc(Cl)c1Br)C(=O)O. The molecule has 0 radical (unpaired) electrons. The molecule has 1 atom stereocenters. The number of benzene rings is 1. The van der Waals surface area contributed by atoms with Gasteiger partial charge in [-0.25, -0.2) is 9.59 Å². The summed E-state index contributed by atoms with van der Waals surface area (Å²) >= 11 is 9.16. The van der Waals surface area contributed by atoms with Gasteiger partial charge in [0.15, 0.2) is 0 Å². The first kappa shape index (κ1) is 16.8. The topological polar surface area (TPSA) is 78.4 Å². The summed E-state index contributed by atoms with van der Waals surface area (Å²) in [5, 5.41) is 14.5. The average molecular weight is 364 g/mol. The minimum absolute atomic E-state index is 0.161. The van der Waals surface area contributed by atoms with Gasteiger partial charge in [-0.05, 0) is 40.4 Å². The molecule has 0 fully saturated rings. The molecular weight excluding hydrogens is 348 g/mol. The number of urea groups is 1. The number of carboxylic acid groups (broad SMARTS) is 1. The van der Waals surface area contributed by atoms with E-state index in [2.05, 4.69) is 26.6 Å². The van der Waals surface area contributed by atoms with Crippen LogP contribution in [0.4, 0.5) is 10.5 Å². The number of aliphatic carboxylic acids is 1. The lowest BCUT2D eigenvalue weighted by molar-refractivity contribution is -0.139. The van der Waals surface area contributed by atoms with Gasteiger partial charge in [0, 0.05) is 0 Å². The fourth-order valence-electron chi connectivity index (χ4n) is 1.61. The van der Waals surface area contributed by atoms with E-state index < -0.39 is 18.0 Å². The second kappa shape index (κ2) is 7.50. The van der Waals surface area contributed by atoms with Gasteiger partial charge in [-0.15, -0.1) is 0 Å². The van der Waals surface area contributed by atoms with Gasteiger partial charge in [-0.3, -0.25) is 0 Å². The van der Waals surface area contributed by atoms with Crippen LogP contribution in [0.25, 0.3) is 0 Å². The van der Waals surface area contributed by atoms with E-state index in [1.807, 2.05) is 13.8 Å².